The second-order valence-electron chi connectivity index (χ2n) is 3.40. The Bertz CT molecular complexity index is 487. The molecule has 0 aliphatic heterocycles. The van der Waals surface area contributed by atoms with Crippen LogP contribution >= 0.6 is 11.8 Å². The summed E-state index contributed by atoms with van der Waals surface area (Å²) in [5.74, 6) is 0.790. The van der Waals surface area contributed by atoms with Crippen molar-refractivity contribution < 1.29 is 4.74 Å². The number of thioether (sulfide) groups is 1. The number of benzene rings is 1. The molecule has 0 unspecified atom stereocenters. The zero-order valence-corrected chi connectivity index (χ0v) is 10.3. The number of ether oxygens (including phenoxy) is 1. The number of methoxy groups -OCH3 is 1. The van der Waals surface area contributed by atoms with Crippen LogP contribution in [0.5, 0.6) is 6.01 Å². The van der Waals surface area contributed by atoms with E-state index in [0.29, 0.717) is 6.01 Å². The average Bonchev–Trinajstić information content (AvgIpc) is 2.38. The van der Waals surface area contributed by atoms with E-state index in [1.54, 1.807) is 31.3 Å². The monoisotopic (exact) mass is 247 g/mol. The Kier molecular flexibility index (Phi) is 3.82. The van der Waals surface area contributed by atoms with Crippen molar-refractivity contribution in [1.82, 2.24) is 9.97 Å². The smallest absolute Gasteiger partial charge is 0.316 e. The van der Waals surface area contributed by atoms with E-state index in [1.807, 2.05) is 24.3 Å². The number of hydrogen-bond acceptors (Lipinski definition) is 5. The van der Waals surface area contributed by atoms with E-state index in [4.69, 9.17) is 10.5 Å². The molecule has 1 aromatic heterocycles. The molecule has 0 amide bonds. The van der Waals surface area contributed by atoms with Gasteiger partial charge in [-0.2, -0.15) is 0 Å². The summed E-state index contributed by atoms with van der Waals surface area (Å²) in [4.78, 5) is 9.18. The predicted molar refractivity (Wildman–Crippen MR) is 69.0 cm³/mol. The molecule has 0 aliphatic carbocycles. The highest BCUT2D eigenvalue weighted by Gasteiger charge is 2.01. The fourth-order valence-corrected chi connectivity index (χ4v) is 2.18. The molecule has 4 nitrogen and oxygen atoms in total. The van der Waals surface area contributed by atoms with Gasteiger partial charge < -0.3 is 10.5 Å². The highest BCUT2D eigenvalue weighted by molar-refractivity contribution is 7.98. The predicted octanol–water partition coefficient (Wildman–Crippen LogP) is 2.36. The van der Waals surface area contributed by atoms with Gasteiger partial charge in [0.05, 0.1) is 7.11 Å². The fraction of sp³-hybridized carbons (Fsp3) is 0.167. The molecule has 0 spiro atoms. The van der Waals surface area contributed by atoms with Crippen LogP contribution < -0.4 is 10.5 Å². The first-order chi connectivity index (χ1) is 8.29. The molecule has 0 fully saturated rings. The molecule has 0 bridgehead atoms. The minimum absolute atomic E-state index is 0.387. The van der Waals surface area contributed by atoms with Crippen LogP contribution in [0, 0.1) is 0 Å². The van der Waals surface area contributed by atoms with Crippen LogP contribution in [0.2, 0.25) is 0 Å². The van der Waals surface area contributed by atoms with Crippen LogP contribution in [0.4, 0.5) is 5.69 Å². The molecule has 0 aliphatic rings. The average molecular weight is 247 g/mol. The number of nitrogen functional groups attached to an aromatic ring is 1. The van der Waals surface area contributed by atoms with E-state index in [0.717, 1.165) is 21.9 Å². The Morgan fingerprint density at radius 3 is 2.59 bits per heavy atom. The lowest BCUT2D eigenvalue weighted by Crippen LogP contribution is -1.93. The molecule has 2 N–H and O–H groups in total. The highest BCUT2D eigenvalue weighted by Crippen LogP contribution is 2.27. The molecular formula is C12H13N3OS. The summed E-state index contributed by atoms with van der Waals surface area (Å²) in [6.45, 7) is 0. The van der Waals surface area contributed by atoms with E-state index in [-0.39, 0.29) is 0 Å². The number of nitrogens with zero attached hydrogens (tertiary/aromatic N) is 2. The molecular weight excluding hydrogens is 234 g/mol. The topological polar surface area (TPSA) is 61.0 Å². The molecule has 88 valence electrons. The van der Waals surface area contributed by atoms with E-state index in [9.17, 15) is 0 Å². The summed E-state index contributed by atoms with van der Waals surface area (Å²) in [5, 5.41) is 0. The van der Waals surface area contributed by atoms with E-state index in [1.165, 1.54) is 0 Å². The summed E-state index contributed by atoms with van der Waals surface area (Å²) in [5.41, 5.74) is 7.70. The second kappa shape index (κ2) is 5.54. The Balaban J connectivity index is 2.00. The normalized spacial score (nSPS) is 10.2. The summed E-state index contributed by atoms with van der Waals surface area (Å²) < 4.78 is 4.90. The van der Waals surface area contributed by atoms with Gasteiger partial charge >= 0.3 is 6.01 Å². The first-order valence-corrected chi connectivity index (χ1v) is 6.10. The van der Waals surface area contributed by atoms with E-state index < -0.39 is 0 Å². The van der Waals surface area contributed by atoms with Gasteiger partial charge in [-0.05, 0) is 17.7 Å². The number of nitrogens with two attached hydrogens (primary N) is 1. The lowest BCUT2D eigenvalue weighted by molar-refractivity contribution is 0.379. The number of hydrogen-bond donors (Lipinski definition) is 1. The van der Waals surface area contributed by atoms with Gasteiger partial charge in [-0.25, -0.2) is 9.97 Å². The lowest BCUT2D eigenvalue weighted by atomic mass is 10.3. The summed E-state index contributed by atoms with van der Waals surface area (Å²) in [6.07, 6.45) is 3.52. The van der Waals surface area contributed by atoms with Gasteiger partial charge in [-0.1, -0.05) is 12.1 Å². The van der Waals surface area contributed by atoms with Gasteiger partial charge in [0, 0.05) is 28.7 Å². The second-order valence-corrected chi connectivity index (χ2v) is 4.42. The number of aromatic nitrogens is 2. The third-order valence-electron chi connectivity index (χ3n) is 2.18. The molecule has 0 saturated heterocycles. The van der Waals surface area contributed by atoms with Gasteiger partial charge in [0.25, 0.3) is 0 Å². The maximum Gasteiger partial charge on any atom is 0.316 e. The molecule has 0 saturated carbocycles. The maximum absolute atomic E-state index is 5.86. The van der Waals surface area contributed by atoms with Crippen molar-refractivity contribution in [2.24, 2.45) is 0 Å². The summed E-state index contributed by atoms with van der Waals surface area (Å²) in [6, 6.07) is 8.19. The molecule has 1 aromatic carbocycles. The Morgan fingerprint density at radius 2 is 1.94 bits per heavy atom. The van der Waals surface area contributed by atoms with Crippen molar-refractivity contribution in [2.45, 2.75) is 10.6 Å². The standard InChI is InChI=1S/C12H13N3OS/c1-16-12-14-6-9(7-15-12)8-17-11-5-3-2-4-10(11)13/h2-7H,8,13H2,1H3. The molecule has 0 radical (unpaired) electrons. The van der Waals surface area contributed by atoms with Crippen LogP contribution in [-0.2, 0) is 5.75 Å². The first kappa shape index (κ1) is 11.7. The van der Waals surface area contributed by atoms with Crippen LogP contribution in [0.15, 0.2) is 41.6 Å². The third kappa shape index (κ3) is 3.10. The summed E-state index contributed by atoms with van der Waals surface area (Å²) >= 11 is 1.67. The maximum atomic E-state index is 5.86. The first-order valence-electron chi connectivity index (χ1n) is 5.12. The SMILES string of the molecule is COc1ncc(CSc2ccccc2N)cn1. The number of para-hydroxylation sites is 1. The third-order valence-corrected chi connectivity index (χ3v) is 3.34. The van der Waals surface area contributed by atoms with Gasteiger partial charge in [-0.3, -0.25) is 0 Å². The Labute approximate surface area is 104 Å². The molecule has 2 aromatic rings. The van der Waals surface area contributed by atoms with Gasteiger partial charge in [0.2, 0.25) is 0 Å². The van der Waals surface area contributed by atoms with Crippen molar-refractivity contribution in [1.29, 1.82) is 0 Å². The van der Waals surface area contributed by atoms with Crippen molar-refractivity contribution in [2.75, 3.05) is 12.8 Å². The van der Waals surface area contributed by atoms with Crippen LogP contribution in [0.1, 0.15) is 5.56 Å². The van der Waals surface area contributed by atoms with Crippen LogP contribution in [0.3, 0.4) is 0 Å². The Hall–Kier alpha value is -1.75. The van der Waals surface area contributed by atoms with E-state index >= 15 is 0 Å². The molecule has 5 heteroatoms. The van der Waals surface area contributed by atoms with Crippen molar-refractivity contribution in [3.8, 4) is 6.01 Å². The zero-order valence-electron chi connectivity index (χ0n) is 9.46. The van der Waals surface area contributed by atoms with Gasteiger partial charge in [0.15, 0.2) is 0 Å². The highest BCUT2D eigenvalue weighted by atomic mass is 32.2. The van der Waals surface area contributed by atoms with Crippen molar-refractivity contribution >= 4 is 17.4 Å². The fourth-order valence-electron chi connectivity index (χ4n) is 1.30. The molecule has 1 heterocycles. The van der Waals surface area contributed by atoms with Crippen molar-refractivity contribution in [3.63, 3.8) is 0 Å². The van der Waals surface area contributed by atoms with Gasteiger partial charge in [0.1, 0.15) is 0 Å². The quantitative estimate of drug-likeness (QED) is 0.664. The van der Waals surface area contributed by atoms with Crippen LogP contribution in [-0.4, -0.2) is 17.1 Å². The number of anilines is 1. The lowest BCUT2D eigenvalue weighted by Gasteiger charge is -2.04. The van der Waals surface area contributed by atoms with Crippen LogP contribution in [0.25, 0.3) is 0 Å². The summed E-state index contributed by atoms with van der Waals surface area (Å²) in [7, 11) is 1.55. The van der Waals surface area contributed by atoms with Gasteiger partial charge in [-0.15, -0.1) is 11.8 Å². The number of rotatable bonds is 4. The zero-order chi connectivity index (χ0) is 12.1. The van der Waals surface area contributed by atoms with E-state index in [2.05, 4.69) is 9.97 Å². The molecule has 2 rings (SSSR count). The van der Waals surface area contributed by atoms with Crippen molar-refractivity contribution in [3.05, 3.63) is 42.2 Å². The minimum atomic E-state index is 0.387. The minimum Gasteiger partial charge on any atom is -0.467 e. The Morgan fingerprint density at radius 1 is 1.24 bits per heavy atom. The molecule has 0 atom stereocenters. The molecule has 17 heavy (non-hydrogen) atoms. The largest absolute Gasteiger partial charge is 0.467 e.